The maximum atomic E-state index is 13.5. The Hall–Kier alpha value is -1.74. The van der Waals surface area contributed by atoms with Crippen molar-refractivity contribution < 1.29 is 9.13 Å². The summed E-state index contributed by atoms with van der Waals surface area (Å²) < 4.78 is 18.4. The number of anilines is 1. The fraction of sp³-hybridized carbons (Fsp3) is 0.200. The molecule has 1 N–H and O–H groups in total. The molecule has 0 atom stereocenters. The predicted molar refractivity (Wildman–Crippen MR) is 76.3 cm³/mol. The molecule has 0 saturated heterocycles. The molecule has 2 rings (SSSR count). The Morgan fingerprint density at radius 1 is 1.11 bits per heavy atom. The monoisotopic (exact) mass is 279 g/mol. The van der Waals surface area contributed by atoms with E-state index in [0.29, 0.717) is 12.4 Å². The highest BCUT2D eigenvalue weighted by Crippen LogP contribution is 2.19. The number of methoxy groups -OCH3 is 1. The van der Waals surface area contributed by atoms with Crippen molar-refractivity contribution in [3.05, 3.63) is 59.4 Å². The van der Waals surface area contributed by atoms with Crippen LogP contribution in [0.2, 0.25) is 0 Å². The van der Waals surface area contributed by atoms with E-state index in [1.807, 2.05) is 30.3 Å². The molecular formula is C15H15ClFNO. The van der Waals surface area contributed by atoms with Crippen molar-refractivity contribution >= 4 is 17.3 Å². The normalized spacial score (nSPS) is 10.3. The summed E-state index contributed by atoms with van der Waals surface area (Å²) in [5, 5.41) is 3.23. The molecule has 0 aliphatic rings. The van der Waals surface area contributed by atoms with Crippen molar-refractivity contribution in [3.63, 3.8) is 0 Å². The minimum atomic E-state index is -0.348. The summed E-state index contributed by atoms with van der Waals surface area (Å²) in [5.74, 6) is 0.416. The SMILES string of the molecule is COc1ccc(CNc2ccc(CCl)cc2)cc1F. The predicted octanol–water partition coefficient (Wildman–Crippen LogP) is 4.19. The van der Waals surface area contributed by atoms with Crippen LogP contribution in [-0.2, 0) is 12.4 Å². The molecule has 0 saturated carbocycles. The smallest absolute Gasteiger partial charge is 0.165 e. The summed E-state index contributed by atoms with van der Waals surface area (Å²) in [6.45, 7) is 0.557. The van der Waals surface area contributed by atoms with Crippen molar-refractivity contribution in [3.8, 4) is 5.75 Å². The third-order valence-corrected chi connectivity index (χ3v) is 3.13. The molecule has 0 fully saturated rings. The van der Waals surface area contributed by atoms with Crippen LogP contribution in [0.3, 0.4) is 0 Å². The van der Waals surface area contributed by atoms with E-state index in [1.54, 1.807) is 6.07 Å². The molecule has 0 aliphatic heterocycles. The van der Waals surface area contributed by atoms with Gasteiger partial charge in [0.05, 0.1) is 7.11 Å². The van der Waals surface area contributed by atoms with Gasteiger partial charge >= 0.3 is 0 Å². The average molecular weight is 280 g/mol. The van der Waals surface area contributed by atoms with Gasteiger partial charge in [0.1, 0.15) is 0 Å². The first-order valence-electron chi connectivity index (χ1n) is 5.94. The van der Waals surface area contributed by atoms with E-state index in [9.17, 15) is 4.39 Å². The van der Waals surface area contributed by atoms with Crippen LogP contribution in [0.25, 0.3) is 0 Å². The van der Waals surface area contributed by atoms with Crippen LogP contribution in [0.4, 0.5) is 10.1 Å². The third-order valence-electron chi connectivity index (χ3n) is 2.82. The van der Waals surface area contributed by atoms with E-state index in [4.69, 9.17) is 16.3 Å². The van der Waals surface area contributed by atoms with Crippen LogP contribution in [-0.4, -0.2) is 7.11 Å². The Labute approximate surface area is 117 Å². The topological polar surface area (TPSA) is 21.3 Å². The van der Waals surface area contributed by atoms with Crippen molar-refractivity contribution in [2.75, 3.05) is 12.4 Å². The van der Waals surface area contributed by atoms with E-state index in [2.05, 4.69) is 5.32 Å². The second-order valence-electron chi connectivity index (χ2n) is 4.15. The van der Waals surface area contributed by atoms with Gasteiger partial charge in [0.25, 0.3) is 0 Å². The molecule has 0 radical (unpaired) electrons. The Balaban J connectivity index is 1.99. The molecule has 4 heteroatoms. The van der Waals surface area contributed by atoms with E-state index >= 15 is 0 Å². The molecule has 19 heavy (non-hydrogen) atoms. The minimum absolute atomic E-state index is 0.259. The highest BCUT2D eigenvalue weighted by atomic mass is 35.5. The highest BCUT2D eigenvalue weighted by molar-refractivity contribution is 6.17. The van der Waals surface area contributed by atoms with Crippen molar-refractivity contribution in [2.24, 2.45) is 0 Å². The van der Waals surface area contributed by atoms with Gasteiger partial charge in [-0.1, -0.05) is 18.2 Å². The Morgan fingerprint density at radius 3 is 2.37 bits per heavy atom. The molecule has 2 aromatic carbocycles. The van der Waals surface area contributed by atoms with E-state index < -0.39 is 0 Å². The first kappa shape index (κ1) is 13.7. The van der Waals surface area contributed by atoms with Gasteiger partial charge in [-0.05, 0) is 35.4 Å². The van der Waals surface area contributed by atoms with Gasteiger partial charge in [-0.15, -0.1) is 11.6 Å². The number of hydrogen-bond donors (Lipinski definition) is 1. The molecular weight excluding hydrogens is 265 g/mol. The summed E-state index contributed by atoms with van der Waals surface area (Å²) in [4.78, 5) is 0. The molecule has 0 unspecified atom stereocenters. The van der Waals surface area contributed by atoms with Crippen molar-refractivity contribution in [1.82, 2.24) is 0 Å². The summed E-state index contributed by atoms with van der Waals surface area (Å²) in [7, 11) is 1.45. The van der Waals surface area contributed by atoms with Gasteiger partial charge in [0.15, 0.2) is 11.6 Å². The molecule has 0 heterocycles. The number of halogens is 2. The van der Waals surface area contributed by atoms with Crippen LogP contribution < -0.4 is 10.1 Å². The second kappa shape index (κ2) is 6.43. The average Bonchev–Trinajstić information content (AvgIpc) is 2.46. The van der Waals surface area contributed by atoms with Gasteiger partial charge in [0.2, 0.25) is 0 Å². The molecule has 0 amide bonds. The molecule has 0 spiro atoms. The van der Waals surface area contributed by atoms with E-state index in [-0.39, 0.29) is 11.6 Å². The summed E-state index contributed by atoms with van der Waals surface area (Å²) in [6.07, 6.45) is 0. The van der Waals surface area contributed by atoms with Crippen LogP contribution in [0, 0.1) is 5.82 Å². The number of hydrogen-bond acceptors (Lipinski definition) is 2. The van der Waals surface area contributed by atoms with Gasteiger partial charge in [-0.2, -0.15) is 0 Å². The van der Waals surface area contributed by atoms with Gasteiger partial charge in [-0.25, -0.2) is 4.39 Å². The zero-order valence-corrected chi connectivity index (χ0v) is 11.4. The number of benzene rings is 2. The Kier molecular flexibility index (Phi) is 4.63. The maximum absolute atomic E-state index is 13.5. The lowest BCUT2D eigenvalue weighted by molar-refractivity contribution is 0.386. The van der Waals surface area contributed by atoms with Crippen molar-refractivity contribution in [2.45, 2.75) is 12.4 Å². The van der Waals surface area contributed by atoms with E-state index in [0.717, 1.165) is 16.8 Å². The summed E-state index contributed by atoms with van der Waals surface area (Å²) in [5.41, 5.74) is 2.91. The van der Waals surface area contributed by atoms with Crippen LogP contribution in [0.5, 0.6) is 5.75 Å². The lowest BCUT2D eigenvalue weighted by atomic mass is 10.2. The minimum Gasteiger partial charge on any atom is -0.494 e. The maximum Gasteiger partial charge on any atom is 0.165 e. The Bertz CT molecular complexity index is 542. The van der Waals surface area contributed by atoms with Crippen molar-refractivity contribution in [1.29, 1.82) is 0 Å². The van der Waals surface area contributed by atoms with Crippen LogP contribution in [0.1, 0.15) is 11.1 Å². The fourth-order valence-corrected chi connectivity index (χ4v) is 1.91. The molecule has 2 aromatic rings. The highest BCUT2D eigenvalue weighted by Gasteiger charge is 2.03. The molecule has 100 valence electrons. The van der Waals surface area contributed by atoms with E-state index in [1.165, 1.54) is 13.2 Å². The quantitative estimate of drug-likeness (QED) is 0.829. The third kappa shape index (κ3) is 3.61. The largest absolute Gasteiger partial charge is 0.494 e. The molecule has 0 aromatic heterocycles. The zero-order chi connectivity index (χ0) is 13.7. The van der Waals surface area contributed by atoms with Crippen LogP contribution in [0.15, 0.2) is 42.5 Å². The summed E-state index contributed by atoms with van der Waals surface area (Å²) >= 11 is 5.72. The lowest BCUT2D eigenvalue weighted by Gasteiger charge is -2.08. The first-order chi connectivity index (χ1) is 9.22. The molecule has 0 aliphatic carbocycles. The van der Waals surface area contributed by atoms with Gasteiger partial charge in [0, 0.05) is 18.1 Å². The van der Waals surface area contributed by atoms with Gasteiger partial charge < -0.3 is 10.1 Å². The molecule has 2 nitrogen and oxygen atoms in total. The summed E-state index contributed by atoms with van der Waals surface area (Å²) in [6, 6.07) is 12.8. The van der Waals surface area contributed by atoms with Crippen LogP contribution >= 0.6 is 11.6 Å². The lowest BCUT2D eigenvalue weighted by Crippen LogP contribution is -2.00. The number of nitrogens with one attached hydrogen (secondary N) is 1. The van der Waals surface area contributed by atoms with Gasteiger partial charge in [-0.3, -0.25) is 0 Å². The zero-order valence-electron chi connectivity index (χ0n) is 10.6. The molecule has 0 bridgehead atoms. The standard InChI is InChI=1S/C15H15ClFNO/c1-19-15-7-4-12(8-14(15)17)10-18-13-5-2-11(9-16)3-6-13/h2-8,18H,9-10H2,1H3. The number of rotatable bonds is 5. The second-order valence-corrected chi connectivity index (χ2v) is 4.42. The Morgan fingerprint density at radius 2 is 1.79 bits per heavy atom. The fourth-order valence-electron chi connectivity index (χ4n) is 1.74. The number of alkyl halides is 1. The number of ether oxygens (including phenoxy) is 1. The first-order valence-corrected chi connectivity index (χ1v) is 6.47.